The second-order valence-electron chi connectivity index (χ2n) is 36.6. The fraction of sp³-hybridized carbons (Fsp3) is 0.917. The molecule has 0 bridgehead atoms. The van der Waals surface area contributed by atoms with Crippen LogP contribution in [0.25, 0.3) is 0 Å². The van der Waals surface area contributed by atoms with Gasteiger partial charge in [0.05, 0.1) is 24.7 Å². The lowest BCUT2D eigenvalue weighted by Crippen LogP contribution is -2.60. The van der Waals surface area contributed by atoms with Crippen LogP contribution < -0.4 is 31.9 Å². The van der Waals surface area contributed by atoms with Crippen LogP contribution in [-0.2, 0) is 57.2 Å². The average molecular weight is 1270 g/mol. The summed E-state index contributed by atoms with van der Waals surface area (Å²) in [4.78, 5) is 81.9. The Bertz CT molecular complexity index is 2200. The smallest absolute Gasteiger partial charge is 0.310 e. The summed E-state index contributed by atoms with van der Waals surface area (Å²) in [5.41, 5.74) is -2.53. The predicted molar refractivity (Wildman–Crippen MR) is 356 cm³/mol. The van der Waals surface area contributed by atoms with Gasteiger partial charge < -0.3 is 60.3 Å². The third-order valence-corrected chi connectivity index (χ3v) is 18.6. The first kappa shape index (κ1) is 77.3. The van der Waals surface area contributed by atoms with Crippen molar-refractivity contribution in [2.75, 3.05) is 0 Å². The van der Waals surface area contributed by atoms with E-state index in [1.807, 2.05) is 0 Å². The third-order valence-electron chi connectivity index (χ3n) is 18.6. The van der Waals surface area contributed by atoms with Gasteiger partial charge in [-0.3, -0.25) is 28.8 Å². The van der Waals surface area contributed by atoms with Crippen molar-refractivity contribution in [1.29, 1.82) is 0 Å². The molecular weight excluding hydrogens is 1140 g/mol. The van der Waals surface area contributed by atoms with E-state index in [9.17, 15) is 28.8 Å². The molecule has 18 heteroatoms. The second-order valence-corrected chi connectivity index (χ2v) is 36.6. The summed E-state index contributed by atoms with van der Waals surface area (Å²) < 4.78 is 36.4. The molecule has 2 unspecified atom stereocenters. The first-order chi connectivity index (χ1) is 40.7. The Kier molecular flexibility index (Phi) is 25.2. The Morgan fingerprint density at radius 1 is 0.256 bits per heavy atom. The van der Waals surface area contributed by atoms with Crippen molar-refractivity contribution in [1.82, 2.24) is 31.9 Å². The van der Waals surface area contributed by atoms with Gasteiger partial charge in [0.1, 0.15) is 36.6 Å². The van der Waals surface area contributed by atoms with Crippen molar-refractivity contribution in [2.45, 2.75) is 411 Å². The van der Waals surface area contributed by atoms with Crippen LogP contribution in [0, 0.1) is 11.8 Å². The highest BCUT2D eigenvalue weighted by atomic mass is 16.6. The first-order valence-electron chi connectivity index (χ1n) is 34.6. The van der Waals surface area contributed by atoms with Gasteiger partial charge in [-0.05, 0) is 179 Å². The van der Waals surface area contributed by atoms with E-state index in [2.05, 4.69) is 198 Å². The number of rotatable bonds is 22. The molecule has 6 N–H and O–H groups in total. The van der Waals surface area contributed by atoms with E-state index in [0.29, 0.717) is 64.2 Å². The van der Waals surface area contributed by atoms with E-state index in [-0.39, 0.29) is 90.6 Å². The summed E-state index contributed by atoms with van der Waals surface area (Å²) in [6, 6.07) is 0. The van der Waals surface area contributed by atoms with Crippen molar-refractivity contribution in [2.24, 2.45) is 11.8 Å². The maximum absolute atomic E-state index is 14.6. The van der Waals surface area contributed by atoms with Crippen molar-refractivity contribution in [3.05, 3.63) is 0 Å². The fourth-order valence-corrected chi connectivity index (χ4v) is 17.7. The molecule has 0 radical (unpaired) electrons. The zero-order valence-electron chi connectivity index (χ0n) is 61.1. The molecule has 0 aromatic heterocycles. The van der Waals surface area contributed by atoms with E-state index in [4.69, 9.17) is 28.4 Å². The number of hydrogen-bond donors (Lipinski definition) is 6. The molecule has 0 aromatic rings. The number of piperidine rings is 6. The van der Waals surface area contributed by atoms with Gasteiger partial charge >= 0.3 is 35.8 Å². The number of carbonyl (C=O) groups is 6. The Balaban J connectivity index is 0.000000370. The third kappa shape index (κ3) is 27.1. The molecule has 18 nitrogen and oxygen atoms in total. The normalized spacial score (nSPS) is 26.4. The minimum absolute atomic E-state index is 0.000484. The van der Waals surface area contributed by atoms with Gasteiger partial charge in [-0.15, -0.1) is 0 Å². The van der Waals surface area contributed by atoms with Crippen LogP contribution in [0.2, 0.25) is 0 Å². The van der Waals surface area contributed by atoms with E-state index >= 15 is 0 Å². The Morgan fingerprint density at radius 2 is 0.411 bits per heavy atom. The summed E-state index contributed by atoms with van der Waals surface area (Å²) in [6.45, 7) is 50.4. The first-order valence-corrected chi connectivity index (χ1v) is 34.6. The second kappa shape index (κ2) is 29.3. The summed E-state index contributed by atoms with van der Waals surface area (Å²) in [6.07, 6.45) is 12.3. The lowest BCUT2D eigenvalue weighted by molar-refractivity contribution is -0.178. The average Bonchev–Trinajstić information content (AvgIpc) is 0.907. The van der Waals surface area contributed by atoms with E-state index in [0.717, 1.165) is 64.2 Å². The van der Waals surface area contributed by atoms with Crippen LogP contribution >= 0.6 is 0 Å². The van der Waals surface area contributed by atoms with E-state index < -0.39 is 73.0 Å². The monoisotopic (exact) mass is 1270 g/mol. The van der Waals surface area contributed by atoms with E-state index in [1.165, 1.54) is 0 Å². The number of ether oxygens (including phenoxy) is 6. The van der Waals surface area contributed by atoms with Crippen molar-refractivity contribution in [3.63, 3.8) is 0 Å². The lowest BCUT2D eigenvalue weighted by Gasteiger charge is -2.47. The molecule has 6 fully saturated rings. The van der Waals surface area contributed by atoms with Crippen molar-refractivity contribution < 1.29 is 57.2 Å². The van der Waals surface area contributed by atoms with Crippen LogP contribution in [0.1, 0.15) is 307 Å². The largest absolute Gasteiger partial charge is 0.462 e. The Morgan fingerprint density at radius 3 is 0.600 bits per heavy atom. The highest BCUT2D eigenvalue weighted by molar-refractivity contribution is 5.89. The minimum atomic E-state index is -1.34. The highest BCUT2D eigenvalue weighted by Crippen LogP contribution is 2.39. The molecule has 6 saturated heterocycles. The summed E-state index contributed by atoms with van der Waals surface area (Å²) in [7, 11) is 0. The fourth-order valence-electron chi connectivity index (χ4n) is 17.7. The number of esters is 6. The van der Waals surface area contributed by atoms with Crippen LogP contribution in [0.5, 0.6) is 0 Å². The molecule has 520 valence electrons. The Hall–Kier alpha value is -3.42. The molecule has 0 saturated carbocycles. The molecule has 6 heterocycles. The molecule has 6 aliphatic heterocycles. The summed E-state index contributed by atoms with van der Waals surface area (Å²) in [5.74, 6) is -5.46. The molecule has 90 heavy (non-hydrogen) atoms. The van der Waals surface area contributed by atoms with Gasteiger partial charge in [0.15, 0.2) is 0 Å². The minimum Gasteiger partial charge on any atom is -0.462 e. The number of hydrogen-bond acceptors (Lipinski definition) is 18. The van der Waals surface area contributed by atoms with Gasteiger partial charge in [-0.2, -0.15) is 0 Å². The molecule has 6 rings (SSSR count). The molecule has 2 atom stereocenters. The van der Waals surface area contributed by atoms with Crippen molar-refractivity contribution in [3.8, 4) is 0 Å². The molecule has 0 aromatic carbocycles. The number of unbranched alkanes of at least 4 members (excludes halogenated alkanes) is 5. The molecule has 0 spiro atoms. The highest BCUT2D eigenvalue weighted by Gasteiger charge is 2.49. The van der Waals surface area contributed by atoms with Crippen LogP contribution in [-0.4, -0.2) is 139 Å². The quantitative estimate of drug-likeness (QED) is 0.0336. The predicted octanol–water partition coefficient (Wildman–Crippen LogP) is 12.2. The molecule has 0 aliphatic carbocycles. The van der Waals surface area contributed by atoms with Crippen molar-refractivity contribution >= 4 is 35.8 Å². The van der Waals surface area contributed by atoms with Gasteiger partial charge in [-0.1, -0.05) is 25.7 Å². The molecular formula is C72H130N6O12. The topological polar surface area (TPSA) is 230 Å². The lowest BCUT2D eigenvalue weighted by atomic mass is 9.80. The SMILES string of the molecule is CC1(C)CC(OC(=O)CC(C(=O)OC2CC(C)(C)NC(C)(C)C2)C(CC(=O)OC2CC(C)(C)NC(C)(C)C2)C(=O)OC2CC(C)(C)NC(C)(C)C2)CC(C)(C)N1.CC1(C)CC(OC(=O)CCCCCCCCC(=O)OC2CC(C)(C)NC(C)(C)C2)CC(C)(C)N1. The number of nitrogens with one attached hydrogen (secondary N) is 6. The van der Waals surface area contributed by atoms with Crippen LogP contribution in [0.3, 0.4) is 0 Å². The maximum atomic E-state index is 14.6. The van der Waals surface area contributed by atoms with Gasteiger partial charge in [0, 0.05) is 156 Å². The molecule has 0 amide bonds. The number of carbonyl (C=O) groups excluding carboxylic acids is 6. The maximum Gasteiger partial charge on any atom is 0.310 e. The van der Waals surface area contributed by atoms with Crippen LogP contribution in [0.4, 0.5) is 0 Å². The van der Waals surface area contributed by atoms with Gasteiger partial charge in [0.2, 0.25) is 0 Å². The van der Waals surface area contributed by atoms with Gasteiger partial charge in [-0.25, -0.2) is 0 Å². The zero-order chi connectivity index (χ0) is 68.1. The zero-order valence-corrected chi connectivity index (χ0v) is 61.1. The summed E-state index contributed by atoms with van der Waals surface area (Å²) >= 11 is 0. The Labute approximate surface area is 545 Å². The van der Waals surface area contributed by atoms with E-state index in [1.54, 1.807) is 0 Å². The van der Waals surface area contributed by atoms with Crippen LogP contribution in [0.15, 0.2) is 0 Å². The van der Waals surface area contributed by atoms with Gasteiger partial charge in [0.25, 0.3) is 0 Å². The standard InChI is InChI=1S/C44H78N4O8.C28H52N2O4/c1-37(2)19-27(20-38(3,4)45-37)53-33(49)17-31(35(51)55-29-23-41(9,10)47-42(11,12)24-29)32(36(52)56-30-25-43(13,14)48-44(15,16)26-30)18-34(50)54-28-21-39(5,6)46-40(7,8)22-28;1-25(2)17-21(18-26(3,4)29-25)33-23(31)15-13-11-9-10-12-14-16-24(32)34-22-19-27(5,6)30-28(7,8)20-22/h27-32,45-48H,17-26H2,1-16H3;21-22,29-30H,9-20H2,1-8H3. The molecule has 6 aliphatic rings. The summed E-state index contributed by atoms with van der Waals surface area (Å²) in [5, 5.41) is 21.7.